The highest BCUT2D eigenvalue weighted by atomic mass is 16.6. The van der Waals surface area contributed by atoms with Crippen molar-refractivity contribution in [3.8, 4) is 0 Å². The number of anilines is 1. The zero-order valence-electron chi connectivity index (χ0n) is 15.8. The van der Waals surface area contributed by atoms with Gasteiger partial charge in [-0.05, 0) is 46.8 Å². The molecule has 1 aliphatic rings. The molecule has 25 heavy (non-hydrogen) atoms. The Morgan fingerprint density at radius 3 is 2.36 bits per heavy atom. The lowest BCUT2D eigenvalue weighted by Gasteiger charge is -2.46. The topological polar surface area (TPSA) is 72.0 Å². The van der Waals surface area contributed by atoms with Crippen molar-refractivity contribution in [1.82, 2.24) is 9.88 Å². The lowest BCUT2D eigenvalue weighted by Crippen LogP contribution is -2.59. The predicted octanol–water partition coefficient (Wildman–Crippen LogP) is 2.70. The van der Waals surface area contributed by atoms with Crippen molar-refractivity contribution in [2.24, 2.45) is 0 Å². The van der Waals surface area contributed by atoms with Crippen LogP contribution in [0.1, 0.15) is 45.1 Å². The smallest absolute Gasteiger partial charge is 0.410 e. The second-order valence-corrected chi connectivity index (χ2v) is 7.24. The summed E-state index contributed by atoms with van der Waals surface area (Å²) in [5.74, 6) is -0.456. The Hall–Kier alpha value is -2.31. The van der Waals surface area contributed by atoms with Gasteiger partial charge in [0.2, 0.25) is 0 Å². The number of aromatic nitrogens is 1. The van der Waals surface area contributed by atoms with Gasteiger partial charge < -0.3 is 19.3 Å². The fourth-order valence-corrected chi connectivity index (χ4v) is 2.87. The zero-order chi connectivity index (χ0) is 18.8. The maximum atomic E-state index is 12.4. The van der Waals surface area contributed by atoms with Gasteiger partial charge in [0.1, 0.15) is 11.3 Å². The molecule has 7 heteroatoms. The maximum Gasteiger partial charge on any atom is 0.410 e. The van der Waals surface area contributed by atoms with Crippen LogP contribution in [-0.2, 0) is 9.47 Å². The average Bonchev–Trinajstić information content (AvgIpc) is 2.55. The number of rotatable bonds is 2. The number of methoxy groups -OCH3 is 1. The Balaban J connectivity index is 2.09. The summed E-state index contributed by atoms with van der Waals surface area (Å²) in [4.78, 5) is 32.0. The molecule has 138 valence electrons. The van der Waals surface area contributed by atoms with E-state index in [0.717, 1.165) is 5.69 Å². The van der Waals surface area contributed by atoms with Crippen LogP contribution in [0.15, 0.2) is 18.3 Å². The summed E-state index contributed by atoms with van der Waals surface area (Å²) in [6.07, 6.45) is 1.38. The van der Waals surface area contributed by atoms with E-state index in [1.165, 1.54) is 7.11 Å². The van der Waals surface area contributed by atoms with Crippen molar-refractivity contribution in [2.45, 2.75) is 52.3 Å². The number of piperazine rings is 1. The molecule has 0 saturated carbocycles. The lowest BCUT2D eigenvalue weighted by atomic mass is 10.0. The molecule has 0 radical (unpaired) electrons. The van der Waals surface area contributed by atoms with E-state index in [1.54, 1.807) is 17.2 Å². The van der Waals surface area contributed by atoms with E-state index in [4.69, 9.17) is 4.74 Å². The molecule has 7 nitrogen and oxygen atoms in total. The predicted molar refractivity (Wildman–Crippen MR) is 94.8 cm³/mol. The van der Waals surface area contributed by atoms with E-state index in [1.807, 2.05) is 33.8 Å². The molecule has 2 atom stereocenters. The molecule has 0 aromatic carbocycles. The van der Waals surface area contributed by atoms with Gasteiger partial charge >= 0.3 is 12.1 Å². The van der Waals surface area contributed by atoms with Crippen LogP contribution in [0.3, 0.4) is 0 Å². The van der Waals surface area contributed by atoms with Crippen molar-refractivity contribution in [3.63, 3.8) is 0 Å². The molecular weight excluding hydrogens is 322 g/mol. The first-order valence-corrected chi connectivity index (χ1v) is 8.44. The fraction of sp³-hybridized carbons (Fsp3) is 0.611. The highest BCUT2D eigenvalue weighted by Gasteiger charge is 2.35. The summed E-state index contributed by atoms with van der Waals surface area (Å²) < 4.78 is 10.2. The minimum atomic E-state index is -0.509. The van der Waals surface area contributed by atoms with Crippen LogP contribution in [-0.4, -0.2) is 59.8 Å². The number of amides is 1. The van der Waals surface area contributed by atoms with Crippen molar-refractivity contribution in [3.05, 3.63) is 24.0 Å². The number of esters is 1. The summed E-state index contributed by atoms with van der Waals surface area (Å²) in [6, 6.07) is 3.58. The number of hydrogen-bond acceptors (Lipinski definition) is 6. The van der Waals surface area contributed by atoms with Crippen LogP contribution in [0, 0.1) is 0 Å². The number of ether oxygens (including phenoxy) is 2. The summed E-state index contributed by atoms with van der Waals surface area (Å²) in [7, 11) is 1.33. The molecule has 1 saturated heterocycles. The minimum absolute atomic E-state index is 0.0103. The fourth-order valence-electron chi connectivity index (χ4n) is 2.87. The zero-order valence-corrected chi connectivity index (χ0v) is 15.8. The largest absolute Gasteiger partial charge is 0.464 e. The van der Waals surface area contributed by atoms with Gasteiger partial charge in [0.05, 0.1) is 25.0 Å². The third-order valence-electron chi connectivity index (χ3n) is 4.37. The van der Waals surface area contributed by atoms with Gasteiger partial charge in [0.15, 0.2) is 0 Å². The second-order valence-electron chi connectivity index (χ2n) is 7.24. The standard InChI is InChI=1S/C18H27N3O4/c1-12-13(2)21(17(23)25-18(3,4)5)10-9-20(12)14-7-8-15(19-11-14)16(22)24-6/h7-8,11-13H,9-10H2,1-6H3. The summed E-state index contributed by atoms with van der Waals surface area (Å²) >= 11 is 0. The average molecular weight is 349 g/mol. The van der Waals surface area contributed by atoms with E-state index >= 15 is 0 Å². The molecule has 1 aromatic heterocycles. The molecule has 0 N–H and O–H groups in total. The maximum absolute atomic E-state index is 12.4. The van der Waals surface area contributed by atoms with Gasteiger partial charge in [0, 0.05) is 19.1 Å². The third-order valence-corrected chi connectivity index (χ3v) is 4.37. The number of nitrogens with zero attached hydrogens (tertiary/aromatic N) is 3. The Morgan fingerprint density at radius 2 is 1.84 bits per heavy atom. The molecule has 1 amide bonds. The first-order chi connectivity index (χ1) is 11.6. The van der Waals surface area contributed by atoms with Gasteiger partial charge in [0.25, 0.3) is 0 Å². The van der Waals surface area contributed by atoms with Gasteiger partial charge in [-0.1, -0.05) is 0 Å². The van der Waals surface area contributed by atoms with Gasteiger partial charge in [-0.3, -0.25) is 0 Å². The number of pyridine rings is 1. The van der Waals surface area contributed by atoms with E-state index in [2.05, 4.69) is 21.5 Å². The van der Waals surface area contributed by atoms with Crippen LogP contribution >= 0.6 is 0 Å². The van der Waals surface area contributed by atoms with Crippen molar-refractivity contribution < 1.29 is 19.1 Å². The van der Waals surface area contributed by atoms with Crippen LogP contribution in [0.2, 0.25) is 0 Å². The Kier molecular flexibility index (Phi) is 5.55. The molecule has 2 rings (SSSR count). The minimum Gasteiger partial charge on any atom is -0.464 e. The molecule has 0 bridgehead atoms. The SMILES string of the molecule is COC(=O)c1ccc(N2CCN(C(=O)OC(C)(C)C)C(C)C2C)cn1. The molecular formula is C18H27N3O4. The molecule has 1 fully saturated rings. The highest BCUT2D eigenvalue weighted by Crippen LogP contribution is 2.25. The quantitative estimate of drug-likeness (QED) is 0.765. The number of carbonyl (C=O) groups excluding carboxylic acids is 2. The summed E-state index contributed by atoms with van der Waals surface area (Å²) in [6.45, 7) is 10.9. The Labute approximate surface area is 148 Å². The van der Waals surface area contributed by atoms with Crippen LogP contribution < -0.4 is 4.90 Å². The third kappa shape index (κ3) is 4.41. The van der Waals surface area contributed by atoms with Crippen LogP contribution in [0.25, 0.3) is 0 Å². The molecule has 1 aromatic rings. The number of hydrogen-bond donors (Lipinski definition) is 0. The van der Waals surface area contributed by atoms with Crippen molar-refractivity contribution in [1.29, 1.82) is 0 Å². The van der Waals surface area contributed by atoms with Crippen LogP contribution in [0.4, 0.5) is 10.5 Å². The molecule has 0 spiro atoms. The number of carbonyl (C=O) groups is 2. The van der Waals surface area contributed by atoms with E-state index in [-0.39, 0.29) is 23.9 Å². The lowest BCUT2D eigenvalue weighted by molar-refractivity contribution is 0.0120. The van der Waals surface area contributed by atoms with E-state index < -0.39 is 11.6 Å². The normalized spacial score (nSPS) is 21.0. The van der Waals surface area contributed by atoms with E-state index in [0.29, 0.717) is 13.1 Å². The molecule has 0 aliphatic carbocycles. The van der Waals surface area contributed by atoms with Gasteiger partial charge in [-0.2, -0.15) is 0 Å². The van der Waals surface area contributed by atoms with Gasteiger partial charge in [-0.25, -0.2) is 14.6 Å². The first kappa shape index (κ1) is 19.0. The molecule has 2 heterocycles. The first-order valence-electron chi connectivity index (χ1n) is 8.44. The van der Waals surface area contributed by atoms with E-state index in [9.17, 15) is 9.59 Å². The Bertz CT molecular complexity index is 624. The van der Waals surface area contributed by atoms with Crippen LogP contribution in [0.5, 0.6) is 0 Å². The highest BCUT2D eigenvalue weighted by molar-refractivity contribution is 5.87. The van der Waals surface area contributed by atoms with Crippen molar-refractivity contribution >= 4 is 17.7 Å². The molecule has 2 unspecified atom stereocenters. The summed E-state index contributed by atoms with van der Waals surface area (Å²) in [5, 5.41) is 0. The van der Waals surface area contributed by atoms with Gasteiger partial charge in [-0.15, -0.1) is 0 Å². The Morgan fingerprint density at radius 1 is 1.16 bits per heavy atom. The summed E-state index contributed by atoms with van der Waals surface area (Å²) in [5.41, 5.74) is 0.681. The second kappa shape index (κ2) is 7.29. The monoisotopic (exact) mass is 349 g/mol. The van der Waals surface area contributed by atoms with Crippen molar-refractivity contribution in [2.75, 3.05) is 25.1 Å². The molecule has 1 aliphatic heterocycles.